The summed E-state index contributed by atoms with van der Waals surface area (Å²) in [4.78, 5) is 28.1. The van der Waals surface area contributed by atoms with Crippen LogP contribution in [0, 0.1) is 18.6 Å². The zero-order chi connectivity index (χ0) is 25.7. The van der Waals surface area contributed by atoms with E-state index in [4.69, 9.17) is 11.6 Å². The first kappa shape index (κ1) is 24.9. The Kier molecular flexibility index (Phi) is 7.65. The number of hydrogen-bond donors (Lipinski definition) is 1. The number of aromatic nitrogens is 4. The summed E-state index contributed by atoms with van der Waals surface area (Å²) in [5.74, 6) is -1.73. The first-order chi connectivity index (χ1) is 17.3. The van der Waals surface area contributed by atoms with Crippen LogP contribution in [0.1, 0.15) is 11.1 Å². The number of amides is 2. The van der Waals surface area contributed by atoms with Gasteiger partial charge >= 0.3 is 0 Å². The van der Waals surface area contributed by atoms with Crippen LogP contribution in [0.4, 0.5) is 14.5 Å². The van der Waals surface area contributed by atoms with Crippen LogP contribution in [-0.4, -0.2) is 38.6 Å². The molecule has 3 aromatic carbocycles. The number of tetrazole rings is 1. The molecule has 0 fully saturated rings. The molecular weight excluding hydrogens is 490 g/mol. The van der Waals surface area contributed by atoms with Gasteiger partial charge in [0.2, 0.25) is 11.7 Å². The molecule has 8 nitrogen and oxygen atoms in total. The molecule has 1 heterocycles. The highest BCUT2D eigenvalue weighted by atomic mass is 35.5. The lowest BCUT2D eigenvalue weighted by Crippen LogP contribution is -2.42. The van der Waals surface area contributed by atoms with Gasteiger partial charge in [-0.15, -0.1) is 10.2 Å². The van der Waals surface area contributed by atoms with Crippen LogP contribution in [0.15, 0.2) is 66.7 Å². The van der Waals surface area contributed by atoms with Gasteiger partial charge in [-0.05, 0) is 48.0 Å². The number of aryl methyl sites for hydroxylation is 1. The zero-order valence-corrected chi connectivity index (χ0v) is 19.9. The first-order valence-electron chi connectivity index (χ1n) is 10.9. The summed E-state index contributed by atoms with van der Waals surface area (Å²) in [5, 5.41) is 14.7. The number of carbonyl (C=O) groups excluding carboxylic acids is 2. The lowest BCUT2D eigenvalue weighted by Gasteiger charge is -2.22. The van der Waals surface area contributed by atoms with E-state index < -0.39 is 17.6 Å². The maximum Gasteiger partial charge on any atom is 0.251 e. The number of halogens is 3. The van der Waals surface area contributed by atoms with E-state index in [1.54, 1.807) is 12.1 Å². The smallest absolute Gasteiger partial charge is 0.251 e. The number of hydrogen-bond acceptors (Lipinski definition) is 5. The molecule has 4 aromatic rings. The second-order valence-electron chi connectivity index (χ2n) is 7.99. The van der Waals surface area contributed by atoms with Gasteiger partial charge in [-0.2, -0.15) is 4.80 Å². The van der Waals surface area contributed by atoms with Crippen molar-refractivity contribution in [2.75, 3.05) is 11.4 Å². The summed E-state index contributed by atoms with van der Waals surface area (Å²) < 4.78 is 26.8. The lowest BCUT2D eigenvalue weighted by atomic mass is 10.1. The predicted molar refractivity (Wildman–Crippen MR) is 130 cm³/mol. The van der Waals surface area contributed by atoms with Crippen LogP contribution >= 0.6 is 11.6 Å². The second kappa shape index (κ2) is 11.0. The maximum atomic E-state index is 13.7. The average Bonchev–Trinajstić information content (AvgIpc) is 3.32. The van der Waals surface area contributed by atoms with Gasteiger partial charge in [0.15, 0.2) is 0 Å². The Morgan fingerprint density at radius 1 is 1.03 bits per heavy atom. The molecule has 36 heavy (non-hydrogen) atoms. The van der Waals surface area contributed by atoms with Crippen molar-refractivity contribution >= 4 is 29.1 Å². The third-order valence-corrected chi connectivity index (χ3v) is 5.55. The van der Waals surface area contributed by atoms with Crippen LogP contribution in [0.5, 0.6) is 0 Å². The molecule has 0 saturated heterocycles. The molecule has 0 unspecified atom stereocenters. The Hall–Kier alpha value is -4.18. The molecule has 1 aromatic heterocycles. The largest absolute Gasteiger partial charge is 0.350 e. The molecule has 0 aliphatic carbocycles. The Balaban J connectivity index is 1.49. The highest BCUT2D eigenvalue weighted by Crippen LogP contribution is 2.23. The van der Waals surface area contributed by atoms with Crippen molar-refractivity contribution in [3.05, 3.63) is 94.5 Å². The van der Waals surface area contributed by atoms with Crippen LogP contribution in [0.25, 0.3) is 11.4 Å². The third-order valence-electron chi connectivity index (χ3n) is 5.26. The van der Waals surface area contributed by atoms with Crippen LogP contribution < -0.4 is 10.2 Å². The van der Waals surface area contributed by atoms with Crippen molar-refractivity contribution < 1.29 is 18.4 Å². The topological polar surface area (TPSA) is 93.0 Å². The molecule has 0 aliphatic rings. The first-order valence-corrected chi connectivity index (χ1v) is 11.3. The van der Waals surface area contributed by atoms with Gasteiger partial charge in [0, 0.05) is 17.8 Å². The van der Waals surface area contributed by atoms with Crippen molar-refractivity contribution in [3.63, 3.8) is 0 Å². The highest BCUT2D eigenvalue weighted by molar-refractivity contribution is 6.31. The summed E-state index contributed by atoms with van der Waals surface area (Å²) in [6, 6.07) is 16.9. The average molecular weight is 511 g/mol. The van der Waals surface area contributed by atoms with Crippen molar-refractivity contribution in [2.45, 2.75) is 20.0 Å². The van der Waals surface area contributed by atoms with Gasteiger partial charge in [0.25, 0.3) is 5.91 Å². The molecule has 0 saturated carbocycles. The fourth-order valence-electron chi connectivity index (χ4n) is 3.31. The molecule has 4 rings (SSSR count). The minimum atomic E-state index is -0.658. The van der Waals surface area contributed by atoms with Crippen LogP contribution in [0.3, 0.4) is 0 Å². The molecule has 0 aliphatic heterocycles. The summed E-state index contributed by atoms with van der Waals surface area (Å²) in [6.45, 7) is 1.40. The van der Waals surface area contributed by atoms with Gasteiger partial charge in [-0.1, -0.05) is 53.6 Å². The maximum absolute atomic E-state index is 13.7. The van der Waals surface area contributed by atoms with E-state index in [1.807, 2.05) is 31.2 Å². The van der Waals surface area contributed by atoms with E-state index >= 15 is 0 Å². The van der Waals surface area contributed by atoms with Crippen molar-refractivity contribution in [3.8, 4) is 11.4 Å². The monoisotopic (exact) mass is 510 g/mol. The van der Waals surface area contributed by atoms with Gasteiger partial charge < -0.3 is 10.2 Å². The van der Waals surface area contributed by atoms with E-state index in [0.29, 0.717) is 11.4 Å². The third kappa shape index (κ3) is 6.28. The molecule has 0 bridgehead atoms. The summed E-state index contributed by atoms with van der Waals surface area (Å²) in [6.07, 6.45) is 0. The molecule has 11 heteroatoms. The van der Waals surface area contributed by atoms with Crippen LogP contribution in [0.2, 0.25) is 5.02 Å². The van der Waals surface area contributed by atoms with E-state index in [0.717, 1.165) is 26.9 Å². The normalized spacial score (nSPS) is 10.8. The molecule has 0 spiro atoms. The van der Waals surface area contributed by atoms with Crippen molar-refractivity contribution in [1.82, 2.24) is 25.5 Å². The molecule has 184 valence electrons. The summed E-state index contributed by atoms with van der Waals surface area (Å²) in [7, 11) is 0. The van der Waals surface area contributed by atoms with Gasteiger partial charge in [-0.3, -0.25) is 9.59 Å². The lowest BCUT2D eigenvalue weighted by molar-refractivity contribution is -0.124. The van der Waals surface area contributed by atoms with Crippen molar-refractivity contribution in [1.29, 1.82) is 0 Å². The van der Waals surface area contributed by atoms with E-state index in [1.165, 1.54) is 24.3 Å². The fourth-order valence-corrected chi connectivity index (χ4v) is 3.49. The Labute approximate surface area is 210 Å². The molecule has 2 amide bonds. The number of benzene rings is 3. The number of nitrogens with zero attached hydrogens (tertiary/aromatic N) is 5. The van der Waals surface area contributed by atoms with Gasteiger partial charge in [-0.25, -0.2) is 8.78 Å². The molecule has 0 radical (unpaired) electrons. The predicted octanol–water partition coefficient (Wildman–Crippen LogP) is 3.93. The number of nitrogens with one attached hydrogen (secondary N) is 1. The number of rotatable bonds is 8. The van der Waals surface area contributed by atoms with Crippen molar-refractivity contribution in [2.24, 2.45) is 0 Å². The number of carbonyl (C=O) groups is 2. The Bertz CT molecular complexity index is 1380. The second-order valence-corrected chi connectivity index (χ2v) is 8.40. The summed E-state index contributed by atoms with van der Waals surface area (Å²) >= 11 is 5.91. The molecule has 0 atom stereocenters. The quantitative estimate of drug-likeness (QED) is 0.388. The molecule has 1 N–H and O–H groups in total. The van der Waals surface area contributed by atoms with E-state index in [9.17, 15) is 18.4 Å². The van der Waals surface area contributed by atoms with Gasteiger partial charge in [0.1, 0.15) is 24.7 Å². The van der Waals surface area contributed by atoms with Crippen LogP contribution in [-0.2, 0) is 22.7 Å². The minimum absolute atomic E-state index is 0.135. The number of anilines is 1. The minimum Gasteiger partial charge on any atom is -0.350 e. The van der Waals surface area contributed by atoms with Gasteiger partial charge in [0.05, 0.1) is 5.02 Å². The summed E-state index contributed by atoms with van der Waals surface area (Å²) in [5.41, 5.74) is 2.72. The standard InChI is InChI=1S/C25H21ClF2N6O2/c1-16-2-6-18(7-3-16)25-30-32-34(31-25)15-24(36)33(20-10-11-22(28)21(26)12-20)14-23(35)29-13-17-4-8-19(27)9-5-17/h2-12H,13-15H2,1H3,(H,29,35). The Morgan fingerprint density at radius 2 is 1.75 bits per heavy atom. The van der Waals surface area contributed by atoms with E-state index in [-0.39, 0.29) is 36.2 Å². The SMILES string of the molecule is Cc1ccc(-c2nnn(CC(=O)N(CC(=O)NCc3ccc(F)cc3)c3ccc(F)c(Cl)c3)n2)cc1. The fraction of sp³-hybridized carbons (Fsp3) is 0.160. The van der Waals surface area contributed by atoms with E-state index in [2.05, 4.69) is 20.7 Å². The zero-order valence-electron chi connectivity index (χ0n) is 19.2. The molecular formula is C25H21ClF2N6O2. The Morgan fingerprint density at radius 3 is 2.44 bits per heavy atom. The highest BCUT2D eigenvalue weighted by Gasteiger charge is 2.22.